The number of ether oxygens (including phenoxy) is 1. The van der Waals surface area contributed by atoms with Gasteiger partial charge >= 0.3 is 6.09 Å². The summed E-state index contributed by atoms with van der Waals surface area (Å²) in [5, 5.41) is 13.5. The topological polar surface area (TPSA) is 100 Å². The third-order valence-electron chi connectivity index (χ3n) is 4.44. The van der Waals surface area contributed by atoms with E-state index in [4.69, 9.17) is 10.5 Å². The summed E-state index contributed by atoms with van der Waals surface area (Å²) in [5.74, 6) is -1.44. The normalized spacial score (nSPS) is 18.1. The Balaban J connectivity index is 1.88. The summed E-state index contributed by atoms with van der Waals surface area (Å²) in [6.45, 7) is 4.39. The van der Waals surface area contributed by atoms with Crippen LogP contribution in [0.1, 0.15) is 32.3 Å². The molecule has 9 heteroatoms. The van der Waals surface area contributed by atoms with Crippen LogP contribution >= 0.6 is 0 Å². The molecule has 1 atom stereocenters. The van der Waals surface area contributed by atoms with Gasteiger partial charge in [-0.3, -0.25) is 4.99 Å². The Morgan fingerprint density at radius 3 is 2.70 bits per heavy atom. The number of halogens is 2. The molecular formula is C18H26F2N4O3. The van der Waals surface area contributed by atoms with Crippen LogP contribution in [0.5, 0.6) is 0 Å². The van der Waals surface area contributed by atoms with Crippen LogP contribution in [0.3, 0.4) is 0 Å². The second kappa shape index (κ2) is 8.98. The number of guanidine groups is 1. The van der Waals surface area contributed by atoms with Gasteiger partial charge in [0.15, 0.2) is 5.96 Å². The van der Waals surface area contributed by atoms with Gasteiger partial charge in [-0.2, -0.15) is 0 Å². The minimum atomic E-state index is -1.63. The van der Waals surface area contributed by atoms with Gasteiger partial charge in [0.25, 0.3) is 0 Å². The molecule has 150 valence electrons. The van der Waals surface area contributed by atoms with Crippen molar-refractivity contribution in [3.63, 3.8) is 0 Å². The summed E-state index contributed by atoms with van der Waals surface area (Å²) in [4.78, 5) is 17.4. The first-order valence-electron chi connectivity index (χ1n) is 8.89. The number of nitrogens with zero attached hydrogens (tertiary/aromatic N) is 2. The maximum absolute atomic E-state index is 13.9. The van der Waals surface area contributed by atoms with E-state index in [0.29, 0.717) is 38.6 Å². The maximum atomic E-state index is 13.9. The van der Waals surface area contributed by atoms with Crippen molar-refractivity contribution in [3.05, 3.63) is 35.4 Å². The zero-order valence-corrected chi connectivity index (χ0v) is 15.5. The molecule has 0 aliphatic carbocycles. The van der Waals surface area contributed by atoms with Crippen LogP contribution in [-0.2, 0) is 10.3 Å². The molecule has 1 saturated heterocycles. The second-order valence-electron chi connectivity index (χ2n) is 6.70. The van der Waals surface area contributed by atoms with E-state index in [1.807, 2.05) is 0 Å². The molecule has 2 rings (SSSR count). The van der Waals surface area contributed by atoms with Gasteiger partial charge < -0.3 is 25.8 Å². The van der Waals surface area contributed by atoms with Crippen molar-refractivity contribution in [1.29, 1.82) is 0 Å². The number of likely N-dealkylation sites (tertiary alicyclic amines) is 1. The lowest BCUT2D eigenvalue weighted by molar-refractivity contribution is 0.0632. The quantitative estimate of drug-likeness (QED) is 0.530. The van der Waals surface area contributed by atoms with Gasteiger partial charge in [0.05, 0.1) is 13.2 Å². The van der Waals surface area contributed by atoms with Crippen LogP contribution in [0.2, 0.25) is 0 Å². The highest BCUT2D eigenvalue weighted by Gasteiger charge is 2.27. The predicted molar refractivity (Wildman–Crippen MR) is 97.2 cm³/mol. The first-order chi connectivity index (χ1) is 12.7. The lowest BCUT2D eigenvalue weighted by atomic mass is 9.95. The van der Waals surface area contributed by atoms with Crippen molar-refractivity contribution < 1.29 is 23.4 Å². The highest BCUT2D eigenvalue weighted by atomic mass is 19.1. The van der Waals surface area contributed by atoms with Crippen LogP contribution in [0.15, 0.2) is 23.2 Å². The molecule has 1 amide bonds. The SMILES string of the molecule is CCOC(=O)N1CCC(NC(N)=NCC(C)(O)c2ccc(F)cc2F)CC1. The zero-order chi connectivity index (χ0) is 20.0. The van der Waals surface area contributed by atoms with Crippen LogP contribution < -0.4 is 11.1 Å². The molecule has 4 N–H and O–H groups in total. The second-order valence-corrected chi connectivity index (χ2v) is 6.70. The summed E-state index contributed by atoms with van der Waals surface area (Å²) in [6.07, 6.45) is 1.03. The number of nitrogens with one attached hydrogen (secondary N) is 1. The molecule has 27 heavy (non-hydrogen) atoms. The number of piperidine rings is 1. The number of amides is 1. The van der Waals surface area contributed by atoms with Crippen molar-refractivity contribution >= 4 is 12.1 Å². The van der Waals surface area contributed by atoms with Crippen molar-refractivity contribution in [2.45, 2.75) is 38.3 Å². The van der Waals surface area contributed by atoms with Gasteiger partial charge in [-0.25, -0.2) is 13.6 Å². The monoisotopic (exact) mass is 384 g/mol. The molecule has 1 unspecified atom stereocenters. The van der Waals surface area contributed by atoms with E-state index >= 15 is 0 Å². The Hall–Kier alpha value is -2.42. The number of benzene rings is 1. The van der Waals surface area contributed by atoms with Gasteiger partial charge in [-0.1, -0.05) is 6.07 Å². The Morgan fingerprint density at radius 1 is 1.44 bits per heavy atom. The third-order valence-corrected chi connectivity index (χ3v) is 4.44. The van der Waals surface area contributed by atoms with Gasteiger partial charge in [-0.15, -0.1) is 0 Å². The van der Waals surface area contributed by atoms with Crippen molar-refractivity contribution in [1.82, 2.24) is 10.2 Å². The summed E-state index contributed by atoms with van der Waals surface area (Å²) >= 11 is 0. The van der Waals surface area contributed by atoms with E-state index in [1.165, 1.54) is 13.0 Å². The Kier molecular flexibility index (Phi) is 6.95. The smallest absolute Gasteiger partial charge is 0.409 e. The molecule has 1 fully saturated rings. The van der Waals surface area contributed by atoms with E-state index in [0.717, 1.165) is 6.07 Å². The number of hydrogen-bond donors (Lipinski definition) is 3. The van der Waals surface area contributed by atoms with Crippen molar-refractivity contribution in [2.24, 2.45) is 10.7 Å². The number of aliphatic imine (C=N–C) groups is 1. The van der Waals surface area contributed by atoms with Crippen molar-refractivity contribution in [2.75, 3.05) is 26.2 Å². The summed E-state index contributed by atoms with van der Waals surface area (Å²) in [6, 6.07) is 3.02. The molecule has 0 bridgehead atoms. The fourth-order valence-corrected chi connectivity index (χ4v) is 2.93. The van der Waals surface area contributed by atoms with E-state index in [1.54, 1.807) is 11.8 Å². The first kappa shape index (κ1) is 20.9. The summed E-state index contributed by atoms with van der Waals surface area (Å²) in [7, 11) is 0. The lowest BCUT2D eigenvalue weighted by Crippen LogP contribution is -2.48. The van der Waals surface area contributed by atoms with Crippen molar-refractivity contribution in [3.8, 4) is 0 Å². The maximum Gasteiger partial charge on any atom is 0.409 e. The molecule has 1 heterocycles. The Morgan fingerprint density at radius 2 is 2.11 bits per heavy atom. The third kappa shape index (κ3) is 5.78. The number of hydrogen-bond acceptors (Lipinski definition) is 4. The van der Waals surface area contributed by atoms with Gasteiger partial charge in [0.1, 0.15) is 17.2 Å². The number of carbonyl (C=O) groups is 1. The van der Waals surface area contributed by atoms with Gasteiger partial charge in [0.2, 0.25) is 0 Å². The minimum absolute atomic E-state index is 0.0342. The standard InChI is InChI=1S/C18H26F2N4O3/c1-3-27-17(25)24-8-6-13(7-9-24)23-16(21)22-11-18(2,26)14-5-4-12(19)10-15(14)20/h4-5,10,13,26H,3,6-9,11H2,1-2H3,(H3,21,22,23). The number of carbonyl (C=O) groups excluding carboxylic acids is 1. The van der Waals surface area contributed by atoms with E-state index in [9.17, 15) is 18.7 Å². The molecule has 1 aliphatic heterocycles. The fourth-order valence-electron chi connectivity index (χ4n) is 2.93. The molecule has 0 radical (unpaired) electrons. The number of rotatable bonds is 5. The van der Waals surface area contributed by atoms with E-state index < -0.39 is 17.2 Å². The van der Waals surface area contributed by atoms with Crippen LogP contribution in [0, 0.1) is 11.6 Å². The van der Waals surface area contributed by atoms with Crippen LogP contribution in [-0.4, -0.2) is 54.3 Å². The molecule has 0 spiro atoms. The lowest BCUT2D eigenvalue weighted by Gasteiger charge is -2.32. The molecule has 7 nitrogen and oxygen atoms in total. The van der Waals surface area contributed by atoms with Crippen LogP contribution in [0.25, 0.3) is 0 Å². The fraction of sp³-hybridized carbons (Fsp3) is 0.556. The van der Waals surface area contributed by atoms with Crippen LogP contribution in [0.4, 0.5) is 13.6 Å². The van der Waals surface area contributed by atoms with E-state index in [2.05, 4.69) is 10.3 Å². The highest BCUT2D eigenvalue weighted by molar-refractivity contribution is 5.78. The Bertz CT molecular complexity index is 689. The molecule has 1 aromatic rings. The molecule has 1 aliphatic rings. The molecular weight excluding hydrogens is 358 g/mol. The molecule has 0 saturated carbocycles. The number of aliphatic hydroxyl groups is 1. The highest BCUT2D eigenvalue weighted by Crippen LogP contribution is 2.24. The minimum Gasteiger partial charge on any atom is -0.450 e. The first-order valence-corrected chi connectivity index (χ1v) is 8.89. The Labute approximate surface area is 157 Å². The summed E-state index contributed by atoms with van der Waals surface area (Å²) < 4.78 is 31.9. The summed E-state index contributed by atoms with van der Waals surface area (Å²) in [5.41, 5.74) is 4.18. The van der Waals surface area contributed by atoms with Gasteiger partial charge in [-0.05, 0) is 32.8 Å². The largest absolute Gasteiger partial charge is 0.450 e. The average molecular weight is 384 g/mol. The zero-order valence-electron chi connectivity index (χ0n) is 15.5. The average Bonchev–Trinajstić information content (AvgIpc) is 2.60. The van der Waals surface area contributed by atoms with Gasteiger partial charge in [0, 0.05) is 30.8 Å². The number of nitrogens with two attached hydrogens (primary N) is 1. The molecule has 1 aromatic carbocycles. The predicted octanol–water partition coefficient (Wildman–Crippen LogP) is 1.70. The molecule has 0 aromatic heterocycles. The van der Waals surface area contributed by atoms with E-state index in [-0.39, 0.29) is 30.2 Å².